The lowest BCUT2D eigenvalue weighted by atomic mass is 9.76. The van der Waals surface area contributed by atoms with E-state index >= 15 is 0 Å². The molecule has 10 nitrogen and oxygen atoms in total. The van der Waals surface area contributed by atoms with Crippen LogP contribution in [0, 0.1) is 5.41 Å². The Balaban J connectivity index is 2.47. The molecular weight excluding hydrogens is 442 g/mol. The van der Waals surface area contributed by atoms with Crippen LogP contribution in [0.15, 0.2) is 48.5 Å². The monoisotopic (exact) mass is 464 g/mol. The Morgan fingerprint density at radius 3 is 1.94 bits per heavy atom. The summed E-state index contributed by atoms with van der Waals surface area (Å²) in [6.45, 7) is 0. The molecule has 0 saturated heterocycles. The van der Waals surface area contributed by atoms with Crippen molar-refractivity contribution in [3.05, 3.63) is 65.2 Å². The van der Waals surface area contributed by atoms with Crippen LogP contribution in [-0.2, 0) is 46.9 Å². The van der Waals surface area contributed by atoms with E-state index in [1.807, 2.05) is 0 Å². The van der Waals surface area contributed by atoms with Gasteiger partial charge in [0.25, 0.3) is 0 Å². The van der Waals surface area contributed by atoms with Gasteiger partial charge in [-0.2, -0.15) is 0 Å². The van der Waals surface area contributed by atoms with Crippen molar-refractivity contribution in [1.29, 1.82) is 0 Å². The molecule has 0 radical (unpaired) electrons. The number of esters is 3. The van der Waals surface area contributed by atoms with Crippen molar-refractivity contribution in [3.8, 4) is 0 Å². The molecule has 0 unspecified atom stereocenters. The van der Waals surface area contributed by atoms with E-state index in [1.165, 1.54) is 43.5 Å². The van der Waals surface area contributed by atoms with Gasteiger partial charge in [-0.3, -0.25) is 14.3 Å². The number of nitrogens with one attached hydrogen (secondary N) is 1. The zero-order valence-electron chi connectivity index (χ0n) is 17.6. The predicted molar refractivity (Wildman–Crippen MR) is 111 cm³/mol. The summed E-state index contributed by atoms with van der Waals surface area (Å²) in [6.07, 6.45) is -0.300. The molecule has 0 aliphatic carbocycles. The molecule has 2 aromatic rings. The van der Waals surface area contributed by atoms with Crippen LogP contribution in [0.1, 0.15) is 21.5 Å². The Hall–Kier alpha value is -3.44. The van der Waals surface area contributed by atoms with Crippen molar-refractivity contribution >= 4 is 33.9 Å². The van der Waals surface area contributed by atoms with Crippen LogP contribution in [0.3, 0.4) is 0 Å². The first-order valence-electron chi connectivity index (χ1n) is 9.21. The van der Waals surface area contributed by atoms with E-state index < -0.39 is 33.6 Å². The summed E-state index contributed by atoms with van der Waals surface area (Å²) in [5, 5.41) is 0. The van der Waals surface area contributed by atoms with Gasteiger partial charge in [0.2, 0.25) is 0 Å². The average molecular weight is 464 g/mol. The van der Waals surface area contributed by atoms with Crippen molar-refractivity contribution in [2.24, 2.45) is 5.41 Å². The maximum atomic E-state index is 12.8. The fourth-order valence-corrected chi connectivity index (χ4v) is 3.71. The summed E-state index contributed by atoms with van der Waals surface area (Å²) in [4.78, 5) is 37.5. The number of carbonyl (C=O) groups excluding carboxylic acids is 3. The van der Waals surface area contributed by atoms with E-state index in [0.29, 0.717) is 11.1 Å². The van der Waals surface area contributed by atoms with Crippen molar-refractivity contribution in [2.75, 3.05) is 26.1 Å². The van der Waals surface area contributed by atoms with Crippen LogP contribution in [0.4, 0.5) is 5.69 Å². The number of benzene rings is 2. The smallest absolute Gasteiger partial charge is 0.337 e. The number of ether oxygens (including phenoxy) is 3. The second-order valence-electron chi connectivity index (χ2n) is 6.86. The second kappa shape index (κ2) is 10.2. The molecule has 2 aromatic carbocycles. The van der Waals surface area contributed by atoms with Gasteiger partial charge in [-0.1, -0.05) is 24.3 Å². The molecule has 0 amide bonds. The third-order valence-corrected chi connectivity index (χ3v) is 5.19. The van der Waals surface area contributed by atoms with Gasteiger partial charge in [0, 0.05) is 5.69 Å². The van der Waals surface area contributed by atoms with E-state index in [4.69, 9.17) is 14.2 Å². The van der Waals surface area contributed by atoms with Gasteiger partial charge < -0.3 is 18.8 Å². The fourth-order valence-electron chi connectivity index (χ4n) is 3.28. The number of hydrogen-bond acceptors (Lipinski definition) is 9. The van der Waals surface area contributed by atoms with Gasteiger partial charge in [0.1, 0.15) is 0 Å². The highest BCUT2D eigenvalue weighted by Crippen LogP contribution is 2.32. The summed E-state index contributed by atoms with van der Waals surface area (Å²) in [6, 6.07) is 11.8. The molecule has 172 valence electrons. The summed E-state index contributed by atoms with van der Waals surface area (Å²) >= 11 is 0. The van der Waals surface area contributed by atoms with Gasteiger partial charge in [-0.25, -0.2) is 13.2 Å². The van der Waals surface area contributed by atoms with Crippen LogP contribution < -0.4 is 4.72 Å². The van der Waals surface area contributed by atoms with Crippen LogP contribution in [0.5, 0.6) is 0 Å². The third kappa shape index (κ3) is 6.05. The van der Waals surface area contributed by atoms with Crippen molar-refractivity contribution < 1.29 is 41.6 Å². The average Bonchev–Trinajstić information content (AvgIpc) is 2.77. The summed E-state index contributed by atoms with van der Waals surface area (Å²) in [5.74, 6) is -2.28. The summed E-state index contributed by atoms with van der Waals surface area (Å²) in [5.41, 5.74) is -0.574. The zero-order valence-corrected chi connectivity index (χ0v) is 18.4. The third-order valence-electron chi connectivity index (χ3n) is 4.71. The van der Waals surface area contributed by atoms with Crippen LogP contribution in [0.25, 0.3) is 0 Å². The number of methoxy groups -OCH3 is 3. The molecule has 2 rings (SSSR count). The molecule has 0 fully saturated rings. The zero-order chi connectivity index (χ0) is 23.9. The Kier molecular flexibility index (Phi) is 7.95. The quantitative estimate of drug-likeness (QED) is 0.252. The summed E-state index contributed by atoms with van der Waals surface area (Å²) in [7, 11) is -1.19. The molecule has 0 spiro atoms. The highest BCUT2D eigenvalue weighted by molar-refractivity contribution is 7.87. The lowest BCUT2D eigenvalue weighted by Crippen LogP contribution is -2.45. The second-order valence-corrected chi connectivity index (χ2v) is 7.98. The highest BCUT2D eigenvalue weighted by atomic mass is 32.2. The fraction of sp³-hybridized carbons (Fsp3) is 0.286. The standard InChI is InChI=1S/C21H23NO9S/c1-29-18(23)16-6-4-5-15(11-16)13-21(19(24)30-2,20(25)31-3)12-14-7-9-17(10-8-14)22-32(26,27)28/h4-11,22H,12-13H2,1-3H3,(H,26,27,28)/p-1. The predicted octanol–water partition coefficient (Wildman–Crippen LogP) is 1.46. The van der Waals surface area contributed by atoms with Gasteiger partial charge in [0.05, 0.1) is 26.9 Å². The number of hydrogen-bond donors (Lipinski definition) is 1. The molecule has 0 heterocycles. The first-order valence-corrected chi connectivity index (χ1v) is 10.6. The van der Waals surface area contributed by atoms with E-state index in [-0.39, 0.29) is 24.1 Å². The minimum Gasteiger partial charge on any atom is -0.731 e. The molecule has 0 aromatic heterocycles. The van der Waals surface area contributed by atoms with E-state index in [1.54, 1.807) is 16.9 Å². The number of rotatable bonds is 9. The van der Waals surface area contributed by atoms with E-state index in [2.05, 4.69) is 0 Å². The SMILES string of the molecule is COC(=O)c1cccc(CC(Cc2ccc(NS(=O)(=O)[O-])cc2)(C(=O)OC)C(=O)OC)c1. The van der Waals surface area contributed by atoms with Crippen molar-refractivity contribution in [2.45, 2.75) is 12.8 Å². The normalized spacial score (nSPS) is 11.4. The lowest BCUT2D eigenvalue weighted by molar-refractivity contribution is -0.169. The summed E-state index contributed by atoms with van der Waals surface area (Å²) < 4.78 is 48.9. The van der Waals surface area contributed by atoms with Gasteiger partial charge in [0.15, 0.2) is 15.7 Å². The molecule has 11 heteroatoms. The minimum absolute atomic E-state index is 0.0243. The van der Waals surface area contributed by atoms with Crippen LogP contribution >= 0.6 is 0 Å². The molecule has 0 aliphatic heterocycles. The maximum Gasteiger partial charge on any atom is 0.337 e. The molecule has 32 heavy (non-hydrogen) atoms. The Morgan fingerprint density at radius 2 is 1.44 bits per heavy atom. The Morgan fingerprint density at radius 1 is 0.875 bits per heavy atom. The van der Waals surface area contributed by atoms with Crippen LogP contribution in [0.2, 0.25) is 0 Å². The van der Waals surface area contributed by atoms with E-state index in [9.17, 15) is 27.4 Å². The molecule has 0 atom stereocenters. The molecular formula is C21H22NO9S-. The Bertz CT molecular complexity index is 1080. The van der Waals surface area contributed by atoms with E-state index in [0.717, 1.165) is 14.2 Å². The minimum atomic E-state index is -4.70. The number of anilines is 1. The van der Waals surface area contributed by atoms with Crippen LogP contribution in [-0.4, -0.2) is 52.2 Å². The largest absolute Gasteiger partial charge is 0.731 e. The van der Waals surface area contributed by atoms with Crippen molar-refractivity contribution in [1.82, 2.24) is 0 Å². The molecule has 0 bridgehead atoms. The highest BCUT2D eigenvalue weighted by Gasteiger charge is 2.48. The first kappa shape index (κ1) is 24.8. The van der Waals surface area contributed by atoms with Gasteiger partial charge >= 0.3 is 17.9 Å². The van der Waals surface area contributed by atoms with Gasteiger partial charge in [-0.05, 0) is 48.2 Å². The molecule has 0 aliphatic rings. The van der Waals surface area contributed by atoms with Gasteiger partial charge in [-0.15, -0.1) is 0 Å². The van der Waals surface area contributed by atoms with Crippen molar-refractivity contribution in [3.63, 3.8) is 0 Å². The number of carbonyl (C=O) groups is 3. The first-order chi connectivity index (χ1) is 15.0. The molecule has 1 N–H and O–H groups in total. The maximum absolute atomic E-state index is 12.8. The Labute approximate surface area is 185 Å². The molecule has 0 saturated carbocycles. The lowest BCUT2D eigenvalue weighted by Gasteiger charge is -2.28. The topological polar surface area (TPSA) is 148 Å².